The van der Waals surface area contributed by atoms with Crippen LogP contribution in [0.1, 0.15) is 11.3 Å². The van der Waals surface area contributed by atoms with Gasteiger partial charge in [0.25, 0.3) is 0 Å². The van der Waals surface area contributed by atoms with Crippen molar-refractivity contribution in [3.63, 3.8) is 0 Å². The molecule has 0 saturated heterocycles. The van der Waals surface area contributed by atoms with Crippen molar-refractivity contribution >= 4 is 23.2 Å². The number of nitrogens with zero attached hydrogens (tertiary/aromatic N) is 1. The zero-order valence-electron chi connectivity index (χ0n) is 13.5. The average molecular weight is 399 g/mol. The number of rotatable bonds is 4. The van der Waals surface area contributed by atoms with Gasteiger partial charge in [-0.1, -0.05) is 16.8 Å². The van der Waals surface area contributed by atoms with Crippen LogP contribution in [-0.2, 0) is 17.4 Å². The summed E-state index contributed by atoms with van der Waals surface area (Å²) in [6.07, 6.45) is -4.79. The maximum absolute atomic E-state index is 12.9. The lowest BCUT2D eigenvalue weighted by Gasteiger charge is -2.11. The van der Waals surface area contributed by atoms with Crippen LogP contribution in [0.5, 0.6) is 0 Å². The van der Waals surface area contributed by atoms with E-state index in [0.717, 1.165) is 18.2 Å². The Morgan fingerprint density at radius 1 is 1.11 bits per heavy atom. The third-order valence-electron chi connectivity index (χ3n) is 3.60. The van der Waals surface area contributed by atoms with E-state index in [2.05, 4.69) is 10.5 Å². The summed E-state index contributed by atoms with van der Waals surface area (Å²) in [4.78, 5) is 12.1. The van der Waals surface area contributed by atoms with Crippen molar-refractivity contribution in [1.29, 1.82) is 0 Å². The molecule has 0 aliphatic carbocycles. The number of aromatic nitrogens is 1. The molecule has 0 spiro atoms. The van der Waals surface area contributed by atoms with E-state index in [9.17, 15) is 22.4 Å². The molecule has 2 aromatic carbocycles. The standard InChI is InChI=1S/C18H11ClF4N2O2/c19-14-6-3-11(18(21,22)23)7-15(14)24-17(26)9-13-8-16(27-25-13)10-1-4-12(20)5-2-10/h1-8H,9H2,(H,24,26). The Kier molecular flexibility index (Phi) is 5.18. The maximum Gasteiger partial charge on any atom is 0.416 e. The van der Waals surface area contributed by atoms with E-state index >= 15 is 0 Å². The molecule has 1 N–H and O–H groups in total. The van der Waals surface area contributed by atoms with Crippen LogP contribution >= 0.6 is 11.6 Å². The molecular formula is C18H11ClF4N2O2. The van der Waals surface area contributed by atoms with Crippen molar-refractivity contribution in [3.05, 3.63) is 70.6 Å². The van der Waals surface area contributed by atoms with E-state index in [4.69, 9.17) is 16.1 Å². The smallest absolute Gasteiger partial charge is 0.356 e. The van der Waals surface area contributed by atoms with Crippen LogP contribution in [0, 0.1) is 5.82 Å². The minimum Gasteiger partial charge on any atom is -0.356 e. The van der Waals surface area contributed by atoms with E-state index in [-0.39, 0.29) is 22.8 Å². The Morgan fingerprint density at radius 2 is 1.81 bits per heavy atom. The number of hydrogen-bond acceptors (Lipinski definition) is 3. The van der Waals surface area contributed by atoms with Gasteiger partial charge in [-0.2, -0.15) is 13.2 Å². The molecule has 27 heavy (non-hydrogen) atoms. The van der Waals surface area contributed by atoms with Crippen LogP contribution in [0.25, 0.3) is 11.3 Å². The van der Waals surface area contributed by atoms with E-state index < -0.39 is 23.5 Å². The highest BCUT2D eigenvalue weighted by Gasteiger charge is 2.31. The lowest BCUT2D eigenvalue weighted by molar-refractivity contribution is -0.137. The molecule has 0 atom stereocenters. The van der Waals surface area contributed by atoms with Crippen LogP contribution in [0.15, 0.2) is 53.1 Å². The summed E-state index contributed by atoms with van der Waals surface area (Å²) in [5.74, 6) is -0.694. The summed E-state index contributed by atoms with van der Waals surface area (Å²) in [5, 5.41) is 6.03. The number of alkyl halides is 3. The van der Waals surface area contributed by atoms with Gasteiger partial charge < -0.3 is 9.84 Å². The second-order valence-corrected chi connectivity index (χ2v) is 6.01. The molecule has 3 rings (SSSR count). The van der Waals surface area contributed by atoms with Gasteiger partial charge in [0.05, 0.1) is 28.4 Å². The number of carbonyl (C=O) groups is 1. The first-order valence-electron chi connectivity index (χ1n) is 7.60. The van der Waals surface area contributed by atoms with Crippen molar-refractivity contribution in [2.75, 3.05) is 5.32 Å². The van der Waals surface area contributed by atoms with Crippen LogP contribution in [0.3, 0.4) is 0 Å². The number of halogens is 5. The lowest BCUT2D eigenvalue weighted by atomic mass is 10.1. The number of nitrogens with one attached hydrogen (secondary N) is 1. The van der Waals surface area contributed by atoms with Gasteiger partial charge in [-0.25, -0.2) is 4.39 Å². The van der Waals surface area contributed by atoms with Crippen LogP contribution < -0.4 is 5.32 Å². The first kappa shape index (κ1) is 18.9. The van der Waals surface area contributed by atoms with E-state index in [1.54, 1.807) is 0 Å². The molecule has 0 aliphatic heterocycles. The molecule has 3 aromatic rings. The molecule has 0 unspecified atom stereocenters. The molecule has 9 heteroatoms. The SMILES string of the molecule is O=C(Cc1cc(-c2ccc(F)cc2)on1)Nc1cc(C(F)(F)F)ccc1Cl. The fraction of sp³-hybridized carbons (Fsp3) is 0.111. The van der Waals surface area contributed by atoms with Gasteiger partial charge in [0.1, 0.15) is 5.82 Å². The molecule has 1 heterocycles. The third kappa shape index (κ3) is 4.65. The fourth-order valence-corrected chi connectivity index (χ4v) is 2.47. The quantitative estimate of drug-likeness (QED) is 0.604. The zero-order valence-corrected chi connectivity index (χ0v) is 14.2. The Morgan fingerprint density at radius 3 is 2.48 bits per heavy atom. The number of benzene rings is 2. The van der Waals surface area contributed by atoms with Crippen molar-refractivity contribution in [2.24, 2.45) is 0 Å². The van der Waals surface area contributed by atoms with E-state index in [0.29, 0.717) is 11.3 Å². The molecule has 1 amide bonds. The molecule has 0 aliphatic rings. The predicted molar refractivity (Wildman–Crippen MR) is 90.7 cm³/mol. The first-order valence-corrected chi connectivity index (χ1v) is 7.98. The van der Waals surface area contributed by atoms with E-state index in [1.807, 2.05) is 0 Å². The van der Waals surface area contributed by atoms with Gasteiger partial charge in [-0.15, -0.1) is 0 Å². The molecule has 4 nitrogen and oxygen atoms in total. The number of hydrogen-bond donors (Lipinski definition) is 1. The average Bonchev–Trinajstić information content (AvgIpc) is 3.04. The van der Waals surface area contributed by atoms with Gasteiger partial charge in [0.2, 0.25) is 5.91 Å². The highest BCUT2D eigenvalue weighted by atomic mass is 35.5. The molecule has 1 aromatic heterocycles. The first-order chi connectivity index (χ1) is 12.7. The Labute approximate surface area is 155 Å². The second-order valence-electron chi connectivity index (χ2n) is 5.61. The van der Waals surface area contributed by atoms with Crippen molar-refractivity contribution in [2.45, 2.75) is 12.6 Å². The highest BCUT2D eigenvalue weighted by Crippen LogP contribution is 2.33. The minimum absolute atomic E-state index is 0.0245. The summed E-state index contributed by atoms with van der Waals surface area (Å²) in [7, 11) is 0. The normalized spacial score (nSPS) is 11.4. The Hall–Kier alpha value is -2.87. The molecule has 0 fully saturated rings. The van der Waals surface area contributed by atoms with Crippen LogP contribution in [-0.4, -0.2) is 11.1 Å². The lowest BCUT2D eigenvalue weighted by Crippen LogP contribution is -2.15. The fourth-order valence-electron chi connectivity index (χ4n) is 2.30. The van der Waals surface area contributed by atoms with Crippen molar-refractivity contribution in [1.82, 2.24) is 5.16 Å². The monoisotopic (exact) mass is 398 g/mol. The Balaban J connectivity index is 1.71. The summed E-state index contributed by atoms with van der Waals surface area (Å²) >= 11 is 5.84. The van der Waals surface area contributed by atoms with Gasteiger partial charge in [-0.3, -0.25) is 4.79 Å². The summed E-state index contributed by atoms with van der Waals surface area (Å²) in [6, 6.07) is 9.60. The number of carbonyl (C=O) groups excluding carboxylic acids is 1. The van der Waals surface area contributed by atoms with Crippen molar-refractivity contribution in [3.8, 4) is 11.3 Å². The highest BCUT2D eigenvalue weighted by molar-refractivity contribution is 6.33. The predicted octanol–water partition coefficient (Wildman–Crippen LogP) is 5.33. The summed E-state index contributed by atoms with van der Waals surface area (Å²) < 4.78 is 56.4. The Bertz CT molecular complexity index is 968. The summed E-state index contributed by atoms with van der Waals surface area (Å²) in [5.41, 5.74) is -0.257. The van der Waals surface area contributed by atoms with E-state index in [1.165, 1.54) is 30.3 Å². The maximum atomic E-state index is 12.9. The van der Waals surface area contributed by atoms with Crippen molar-refractivity contribution < 1.29 is 26.9 Å². The topological polar surface area (TPSA) is 55.1 Å². The van der Waals surface area contributed by atoms with Gasteiger partial charge in [-0.05, 0) is 42.5 Å². The molecule has 0 radical (unpaired) electrons. The molecule has 0 saturated carbocycles. The molecule has 140 valence electrons. The molecular weight excluding hydrogens is 388 g/mol. The largest absolute Gasteiger partial charge is 0.416 e. The second kappa shape index (κ2) is 7.40. The van der Waals surface area contributed by atoms with Gasteiger partial charge >= 0.3 is 6.18 Å². The van der Waals surface area contributed by atoms with Crippen LogP contribution in [0.2, 0.25) is 5.02 Å². The zero-order chi connectivity index (χ0) is 19.6. The van der Waals surface area contributed by atoms with Gasteiger partial charge in [0.15, 0.2) is 5.76 Å². The number of anilines is 1. The number of amides is 1. The summed E-state index contributed by atoms with van der Waals surface area (Å²) in [6.45, 7) is 0. The van der Waals surface area contributed by atoms with Crippen LogP contribution in [0.4, 0.5) is 23.2 Å². The third-order valence-corrected chi connectivity index (χ3v) is 3.93. The molecule has 0 bridgehead atoms. The van der Waals surface area contributed by atoms with Gasteiger partial charge in [0, 0.05) is 11.6 Å². The minimum atomic E-state index is -4.56.